The second-order valence-corrected chi connectivity index (χ2v) is 8.51. The average molecular weight is 347 g/mol. The topological polar surface area (TPSA) is 46.6 Å². The molecule has 0 spiro atoms. The summed E-state index contributed by atoms with van der Waals surface area (Å²) in [5.41, 5.74) is 0. The Bertz CT molecular complexity index is 678. The van der Waals surface area contributed by atoms with Gasteiger partial charge in [-0.1, -0.05) is 45.8 Å². The predicted molar refractivity (Wildman–Crippen MR) is 95.3 cm³/mol. The summed E-state index contributed by atoms with van der Waals surface area (Å²) in [5, 5.41) is 1.07. The minimum atomic E-state index is -3.44. The Balaban J connectivity index is 1.97. The van der Waals surface area contributed by atoms with E-state index in [2.05, 4.69) is 9.39 Å². The zero-order valence-electron chi connectivity index (χ0n) is 12.7. The van der Waals surface area contributed by atoms with Crippen molar-refractivity contribution in [1.82, 2.24) is 4.67 Å². The van der Waals surface area contributed by atoms with E-state index < -0.39 is 13.3 Å². The van der Waals surface area contributed by atoms with Gasteiger partial charge in [-0.3, -0.25) is 14.0 Å². The Kier molecular flexibility index (Phi) is 4.96. The Morgan fingerprint density at radius 3 is 2.00 bits per heavy atom. The van der Waals surface area contributed by atoms with E-state index in [1.165, 1.54) is 0 Å². The first-order valence-corrected chi connectivity index (χ1v) is 9.71. The SMILES string of the molecule is O=C(OP(=O)(c1ccccc1)c1ccccc1)[C@@H]1CCCN1P. The molecule has 1 unspecified atom stereocenters. The highest BCUT2D eigenvalue weighted by Gasteiger charge is 2.37. The first kappa shape index (κ1) is 16.4. The zero-order chi connectivity index (χ0) is 16.3. The van der Waals surface area contributed by atoms with Crippen molar-refractivity contribution >= 4 is 33.3 Å². The van der Waals surface area contributed by atoms with Crippen LogP contribution in [0.3, 0.4) is 0 Å². The highest BCUT2D eigenvalue weighted by atomic mass is 31.2. The molecule has 0 amide bonds. The predicted octanol–water partition coefficient (Wildman–Crippen LogP) is 2.71. The molecule has 1 heterocycles. The lowest BCUT2D eigenvalue weighted by Crippen LogP contribution is -2.32. The van der Waals surface area contributed by atoms with Gasteiger partial charge in [-0.25, -0.2) is 0 Å². The molecule has 0 N–H and O–H groups in total. The van der Waals surface area contributed by atoms with Gasteiger partial charge in [0.05, 0.1) is 10.6 Å². The van der Waals surface area contributed by atoms with Gasteiger partial charge in [-0.05, 0) is 37.1 Å². The van der Waals surface area contributed by atoms with Crippen LogP contribution in [-0.4, -0.2) is 23.2 Å². The van der Waals surface area contributed by atoms with Crippen molar-refractivity contribution in [3.8, 4) is 0 Å². The van der Waals surface area contributed by atoms with Gasteiger partial charge >= 0.3 is 13.3 Å². The normalized spacial score (nSPS) is 18.7. The summed E-state index contributed by atoms with van der Waals surface area (Å²) in [6, 6.07) is 17.5. The van der Waals surface area contributed by atoms with Crippen LogP contribution in [0.2, 0.25) is 0 Å². The van der Waals surface area contributed by atoms with E-state index in [-0.39, 0.29) is 6.04 Å². The standard InChI is InChI=1S/C17H19NO3P2/c19-17(16-12-7-13-18(16)22)21-23(20,14-8-3-1-4-9-14)15-10-5-2-6-11-15/h1-6,8-11,16H,7,12-13,22H2/t16-/m0/s1. The van der Waals surface area contributed by atoms with Crippen LogP contribution >= 0.6 is 16.8 Å². The fraction of sp³-hybridized carbons (Fsp3) is 0.235. The third-order valence-electron chi connectivity index (χ3n) is 3.98. The number of rotatable bonds is 4. The molecule has 2 aromatic rings. The van der Waals surface area contributed by atoms with Crippen LogP contribution in [0.25, 0.3) is 0 Å². The van der Waals surface area contributed by atoms with E-state index >= 15 is 0 Å². The van der Waals surface area contributed by atoms with Gasteiger partial charge in [0.25, 0.3) is 0 Å². The van der Waals surface area contributed by atoms with E-state index in [0.29, 0.717) is 10.6 Å². The Morgan fingerprint density at radius 1 is 1.04 bits per heavy atom. The summed E-state index contributed by atoms with van der Waals surface area (Å²) in [6.07, 6.45) is 1.66. The minimum absolute atomic E-state index is 0.347. The number of hydrogen-bond acceptors (Lipinski definition) is 4. The van der Waals surface area contributed by atoms with Crippen LogP contribution in [0.4, 0.5) is 0 Å². The molecule has 1 aliphatic heterocycles. The average Bonchev–Trinajstić information content (AvgIpc) is 3.02. The quantitative estimate of drug-likeness (QED) is 0.798. The summed E-state index contributed by atoms with van der Waals surface area (Å²) in [6.45, 7) is 0.825. The first-order chi connectivity index (χ1) is 11.1. The van der Waals surface area contributed by atoms with Crippen LogP contribution in [0.1, 0.15) is 12.8 Å². The Morgan fingerprint density at radius 2 is 1.57 bits per heavy atom. The minimum Gasteiger partial charge on any atom is -0.404 e. The van der Waals surface area contributed by atoms with E-state index in [4.69, 9.17) is 4.52 Å². The monoisotopic (exact) mass is 347 g/mol. The second-order valence-electron chi connectivity index (χ2n) is 5.53. The molecule has 0 saturated carbocycles. The van der Waals surface area contributed by atoms with E-state index in [9.17, 15) is 9.36 Å². The molecule has 3 rings (SSSR count). The van der Waals surface area contributed by atoms with Crippen LogP contribution in [0, 0.1) is 0 Å². The van der Waals surface area contributed by atoms with Crippen LogP contribution in [0.15, 0.2) is 60.7 Å². The lowest BCUT2D eigenvalue weighted by Gasteiger charge is -2.23. The van der Waals surface area contributed by atoms with Gasteiger partial charge in [-0.2, -0.15) is 0 Å². The number of carbonyl (C=O) groups excluding carboxylic acids is 1. The molecule has 0 bridgehead atoms. The molecule has 1 fully saturated rings. The molecule has 6 heteroatoms. The summed E-state index contributed by atoms with van der Waals surface area (Å²) in [4.78, 5) is 12.6. The molecule has 2 aromatic carbocycles. The third kappa shape index (κ3) is 3.40. The fourth-order valence-electron chi connectivity index (χ4n) is 2.73. The van der Waals surface area contributed by atoms with Crippen molar-refractivity contribution in [3.05, 3.63) is 60.7 Å². The Labute approximate surface area is 138 Å². The van der Waals surface area contributed by atoms with Crippen molar-refractivity contribution in [2.24, 2.45) is 0 Å². The number of nitrogens with zero attached hydrogens (tertiary/aromatic N) is 1. The molecule has 120 valence electrons. The molecule has 4 nitrogen and oxygen atoms in total. The number of hydrogen-bond donors (Lipinski definition) is 0. The lowest BCUT2D eigenvalue weighted by molar-refractivity contribution is -0.137. The maximum absolute atomic E-state index is 13.6. The van der Waals surface area contributed by atoms with Crippen LogP contribution < -0.4 is 10.6 Å². The smallest absolute Gasteiger partial charge is 0.329 e. The van der Waals surface area contributed by atoms with Crippen LogP contribution in [0.5, 0.6) is 0 Å². The first-order valence-electron chi connectivity index (χ1n) is 7.57. The summed E-state index contributed by atoms with van der Waals surface area (Å²) >= 11 is 0. The highest BCUT2D eigenvalue weighted by molar-refractivity contribution is 7.74. The summed E-state index contributed by atoms with van der Waals surface area (Å²) < 4.78 is 21.1. The maximum atomic E-state index is 13.6. The van der Waals surface area contributed by atoms with Gasteiger partial charge in [0, 0.05) is 6.54 Å². The molecule has 0 radical (unpaired) electrons. The molecule has 1 saturated heterocycles. The van der Waals surface area contributed by atoms with Gasteiger partial charge in [0.2, 0.25) is 0 Å². The van der Waals surface area contributed by atoms with E-state index in [0.717, 1.165) is 19.4 Å². The van der Waals surface area contributed by atoms with Crippen molar-refractivity contribution < 1.29 is 13.9 Å². The third-order valence-corrected chi connectivity index (χ3v) is 6.99. The maximum Gasteiger partial charge on any atom is 0.329 e. The lowest BCUT2D eigenvalue weighted by atomic mass is 10.2. The van der Waals surface area contributed by atoms with Gasteiger partial charge in [0.1, 0.15) is 6.04 Å². The van der Waals surface area contributed by atoms with Crippen molar-refractivity contribution in [3.63, 3.8) is 0 Å². The molecular weight excluding hydrogens is 328 g/mol. The van der Waals surface area contributed by atoms with Gasteiger partial charge in [0.15, 0.2) is 0 Å². The largest absolute Gasteiger partial charge is 0.404 e. The second kappa shape index (κ2) is 6.97. The summed E-state index contributed by atoms with van der Waals surface area (Å²) in [5.74, 6) is -0.423. The van der Waals surface area contributed by atoms with Crippen LogP contribution in [-0.2, 0) is 13.9 Å². The van der Waals surface area contributed by atoms with Crippen molar-refractivity contribution in [1.29, 1.82) is 0 Å². The summed E-state index contributed by atoms with van der Waals surface area (Å²) in [7, 11) is -0.893. The van der Waals surface area contributed by atoms with Gasteiger partial charge < -0.3 is 4.52 Å². The molecular formula is C17H19NO3P2. The van der Waals surface area contributed by atoms with Gasteiger partial charge in [-0.15, -0.1) is 0 Å². The highest BCUT2D eigenvalue weighted by Crippen LogP contribution is 2.45. The van der Waals surface area contributed by atoms with Crippen molar-refractivity contribution in [2.75, 3.05) is 6.54 Å². The number of carbonyl (C=O) groups is 1. The van der Waals surface area contributed by atoms with E-state index in [1.807, 2.05) is 16.8 Å². The fourth-order valence-corrected chi connectivity index (χ4v) is 5.20. The van der Waals surface area contributed by atoms with Crippen molar-refractivity contribution in [2.45, 2.75) is 18.9 Å². The molecule has 2 atom stereocenters. The molecule has 1 aliphatic rings. The molecule has 0 aromatic heterocycles. The molecule has 23 heavy (non-hydrogen) atoms. The zero-order valence-corrected chi connectivity index (χ0v) is 14.7. The number of benzene rings is 2. The van der Waals surface area contributed by atoms with E-state index in [1.54, 1.807) is 48.5 Å². The molecule has 0 aliphatic carbocycles. The Hall–Kier alpha value is -1.47.